The summed E-state index contributed by atoms with van der Waals surface area (Å²) >= 11 is 0. The van der Waals surface area contributed by atoms with Gasteiger partial charge in [-0.3, -0.25) is 4.90 Å². The Morgan fingerprint density at radius 3 is 2.14 bits per heavy atom. The van der Waals surface area contributed by atoms with Crippen LogP contribution in [0.2, 0.25) is 0 Å². The highest BCUT2D eigenvalue weighted by Crippen LogP contribution is 2.29. The van der Waals surface area contributed by atoms with Gasteiger partial charge in [-0.05, 0) is 62.5 Å². The van der Waals surface area contributed by atoms with Gasteiger partial charge >= 0.3 is 0 Å². The lowest BCUT2D eigenvalue weighted by Crippen LogP contribution is -2.60. The molecule has 1 unspecified atom stereocenters. The predicted octanol–water partition coefficient (Wildman–Crippen LogP) is 3.90. The van der Waals surface area contributed by atoms with Gasteiger partial charge in [-0.25, -0.2) is 4.39 Å². The molecule has 0 bridgehead atoms. The number of hydrogen-bond donors (Lipinski definition) is 1. The minimum absolute atomic E-state index is 0.0182. The van der Waals surface area contributed by atoms with Gasteiger partial charge in [0.05, 0.1) is 0 Å². The van der Waals surface area contributed by atoms with Crippen molar-refractivity contribution in [1.29, 1.82) is 0 Å². The van der Waals surface area contributed by atoms with E-state index < -0.39 is 0 Å². The number of likely N-dealkylation sites (N-methyl/N-ethyl adjacent to an activating group) is 1. The summed E-state index contributed by atoms with van der Waals surface area (Å²) < 4.78 is 13.2. The first-order valence-corrected chi connectivity index (χ1v) is 8.20. The fraction of sp³-hybridized carbons (Fsp3) is 0.667. The second-order valence-electron chi connectivity index (χ2n) is 5.86. The summed E-state index contributed by atoms with van der Waals surface area (Å²) in [6.07, 6.45) is 2.86. The highest BCUT2D eigenvalue weighted by molar-refractivity contribution is 5.28. The number of halogens is 1. The number of nitrogens with two attached hydrogens (primary N) is 1. The Labute approximate surface area is 129 Å². The Morgan fingerprint density at radius 2 is 1.71 bits per heavy atom. The first kappa shape index (κ1) is 18.1. The molecule has 0 radical (unpaired) electrons. The van der Waals surface area contributed by atoms with Crippen LogP contribution in [0.3, 0.4) is 0 Å². The lowest BCUT2D eigenvalue weighted by Gasteiger charge is -2.47. The lowest BCUT2D eigenvalue weighted by atomic mass is 9.79. The molecule has 0 aliphatic carbocycles. The van der Waals surface area contributed by atoms with Gasteiger partial charge in [-0.15, -0.1) is 0 Å². The molecule has 0 spiro atoms. The van der Waals surface area contributed by atoms with Crippen molar-refractivity contribution in [2.75, 3.05) is 13.1 Å². The molecule has 1 rings (SSSR count). The number of benzene rings is 1. The number of aryl methyl sites for hydroxylation is 1. The van der Waals surface area contributed by atoms with E-state index in [-0.39, 0.29) is 17.4 Å². The molecule has 0 saturated carbocycles. The molecule has 0 saturated heterocycles. The minimum Gasteiger partial charge on any atom is -0.326 e. The van der Waals surface area contributed by atoms with Crippen LogP contribution in [0.1, 0.15) is 51.7 Å². The van der Waals surface area contributed by atoms with Crippen molar-refractivity contribution in [3.05, 3.63) is 35.1 Å². The van der Waals surface area contributed by atoms with Gasteiger partial charge in [0.25, 0.3) is 0 Å². The van der Waals surface area contributed by atoms with E-state index in [0.717, 1.165) is 43.5 Å². The molecule has 1 aromatic carbocycles. The largest absolute Gasteiger partial charge is 0.326 e. The van der Waals surface area contributed by atoms with Crippen LogP contribution in [0.15, 0.2) is 18.2 Å². The molecule has 3 heteroatoms. The average Bonchev–Trinajstić information content (AvgIpc) is 2.47. The molecule has 2 nitrogen and oxygen atoms in total. The zero-order valence-corrected chi connectivity index (χ0v) is 14.2. The predicted molar refractivity (Wildman–Crippen MR) is 89.1 cm³/mol. The van der Waals surface area contributed by atoms with E-state index >= 15 is 0 Å². The van der Waals surface area contributed by atoms with Crippen molar-refractivity contribution < 1.29 is 4.39 Å². The van der Waals surface area contributed by atoms with E-state index in [1.807, 2.05) is 13.0 Å². The molecule has 120 valence electrons. The third kappa shape index (κ3) is 3.83. The van der Waals surface area contributed by atoms with Crippen LogP contribution in [0.25, 0.3) is 0 Å². The molecular formula is C18H31FN2. The summed E-state index contributed by atoms with van der Waals surface area (Å²) in [6, 6.07) is 5.06. The van der Waals surface area contributed by atoms with E-state index in [4.69, 9.17) is 5.73 Å². The Bertz CT molecular complexity index is 437. The molecule has 2 N–H and O–H groups in total. The second-order valence-corrected chi connectivity index (χ2v) is 5.86. The Hall–Kier alpha value is -0.930. The summed E-state index contributed by atoms with van der Waals surface area (Å²) in [4.78, 5) is 2.48. The molecule has 0 aliphatic heterocycles. The maximum Gasteiger partial charge on any atom is 0.123 e. The van der Waals surface area contributed by atoms with Gasteiger partial charge in [-0.2, -0.15) is 0 Å². The van der Waals surface area contributed by atoms with Crippen molar-refractivity contribution in [2.45, 2.75) is 65.5 Å². The maximum absolute atomic E-state index is 13.2. The average molecular weight is 294 g/mol. The Morgan fingerprint density at radius 1 is 1.14 bits per heavy atom. The molecule has 1 aromatic rings. The standard InChI is InChI=1S/C18H31FN2/c1-6-18(7-2,21(8-3)9-4)17(20)13-15-10-11-16(19)12-14(15)5/h10-12,17H,6-9,13,20H2,1-5H3. The van der Waals surface area contributed by atoms with Crippen molar-refractivity contribution >= 4 is 0 Å². The summed E-state index contributed by atoms with van der Waals surface area (Å²) in [5, 5.41) is 0. The van der Waals surface area contributed by atoms with Crippen molar-refractivity contribution in [2.24, 2.45) is 5.73 Å². The van der Waals surface area contributed by atoms with Gasteiger partial charge in [0, 0.05) is 11.6 Å². The highest BCUT2D eigenvalue weighted by atomic mass is 19.1. The van der Waals surface area contributed by atoms with E-state index in [9.17, 15) is 4.39 Å². The van der Waals surface area contributed by atoms with Crippen LogP contribution in [0.5, 0.6) is 0 Å². The zero-order valence-electron chi connectivity index (χ0n) is 14.2. The molecule has 0 amide bonds. The topological polar surface area (TPSA) is 29.3 Å². The Balaban J connectivity index is 3.03. The zero-order chi connectivity index (χ0) is 16.0. The first-order valence-electron chi connectivity index (χ1n) is 8.20. The van der Waals surface area contributed by atoms with Gasteiger partial charge in [0.1, 0.15) is 5.82 Å². The second kappa shape index (κ2) is 7.90. The van der Waals surface area contributed by atoms with Crippen molar-refractivity contribution in [3.8, 4) is 0 Å². The third-order valence-corrected chi connectivity index (χ3v) is 5.05. The number of hydrogen-bond acceptors (Lipinski definition) is 2. The first-order chi connectivity index (χ1) is 9.94. The smallest absolute Gasteiger partial charge is 0.123 e. The summed E-state index contributed by atoms with van der Waals surface area (Å²) in [5.74, 6) is -0.175. The van der Waals surface area contributed by atoms with Crippen LogP contribution in [-0.2, 0) is 6.42 Å². The molecule has 0 aliphatic rings. The highest BCUT2D eigenvalue weighted by Gasteiger charge is 2.37. The maximum atomic E-state index is 13.2. The fourth-order valence-corrected chi connectivity index (χ4v) is 3.62. The van der Waals surface area contributed by atoms with E-state index in [0.29, 0.717) is 0 Å². The SMILES string of the molecule is CCN(CC)C(CC)(CC)C(N)Cc1ccc(F)cc1C. The Kier molecular flexibility index (Phi) is 6.82. The molecule has 1 atom stereocenters. The van der Waals surface area contributed by atoms with Crippen molar-refractivity contribution in [1.82, 2.24) is 4.90 Å². The number of rotatable bonds is 8. The summed E-state index contributed by atoms with van der Waals surface area (Å²) in [5.41, 5.74) is 8.79. The lowest BCUT2D eigenvalue weighted by molar-refractivity contribution is 0.0628. The summed E-state index contributed by atoms with van der Waals surface area (Å²) in [7, 11) is 0. The molecular weight excluding hydrogens is 263 g/mol. The normalized spacial score (nSPS) is 13.7. The minimum atomic E-state index is -0.175. The van der Waals surface area contributed by atoms with Gasteiger partial charge in [-0.1, -0.05) is 33.8 Å². The van der Waals surface area contributed by atoms with Crippen LogP contribution >= 0.6 is 0 Å². The number of nitrogens with zero attached hydrogens (tertiary/aromatic N) is 1. The molecule has 0 aromatic heterocycles. The van der Waals surface area contributed by atoms with Crippen LogP contribution in [0.4, 0.5) is 4.39 Å². The fourth-order valence-electron chi connectivity index (χ4n) is 3.62. The van der Waals surface area contributed by atoms with Crippen LogP contribution < -0.4 is 5.73 Å². The summed E-state index contributed by atoms with van der Waals surface area (Å²) in [6.45, 7) is 12.8. The van der Waals surface area contributed by atoms with Gasteiger partial charge in [0.2, 0.25) is 0 Å². The van der Waals surface area contributed by atoms with Crippen LogP contribution in [0, 0.1) is 12.7 Å². The van der Waals surface area contributed by atoms with Crippen LogP contribution in [-0.4, -0.2) is 29.6 Å². The van der Waals surface area contributed by atoms with E-state index in [2.05, 4.69) is 32.6 Å². The van der Waals surface area contributed by atoms with E-state index in [1.165, 1.54) is 6.07 Å². The molecule has 21 heavy (non-hydrogen) atoms. The van der Waals surface area contributed by atoms with Gasteiger partial charge in [0.15, 0.2) is 0 Å². The third-order valence-electron chi connectivity index (χ3n) is 5.05. The molecule has 0 fully saturated rings. The van der Waals surface area contributed by atoms with Crippen molar-refractivity contribution in [3.63, 3.8) is 0 Å². The van der Waals surface area contributed by atoms with E-state index in [1.54, 1.807) is 6.07 Å². The monoisotopic (exact) mass is 294 g/mol. The molecule has 0 heterocycles. The van der Waals surface area contributed by atoms with Gasteiger partial charge < -0.3 is 5.73 Å². The quantitative estimate of drug-likeness (QED) is 0.788.